The lowest BCUT2D eigenvalue weighted by Crippen LogP contribution is -2.07. The molecular formula is C12H13N3O. The van der Waals surface area contributed by atoms with E-state index in [-0.39, 0.29) is 5.91 Å². The predicted octanol–water partition coefficient (Wildman–Crippen LogP) is 2.39. The molecule has 0 fully saturated rings. The Morgan fingerprint density at radius 1 is 1.50 bits per heavy atom. The van der Waals surface area contributed by atoms with E-state index in [9.17, 15) is 4.79 Å². The van der Waals surface area contributed by atoms with Gasteiger partial charge in [-0.2, -0.15) is 0 Å². The molecule has 16 heavy (non-hydrogen) atoms. The van der Waals surface area contributed by atoms with Crippen molar-refractivity contribution in [2.75, 3.05) is 5.32 Å². The number of imidazole rings is 1. The maximum absolute atomic E-state index is 11.3. The Labute approximate surface area is 93.4 Å². The van der Waals surface area contributed by atoms with Crippen LogP contribution in [0.3, 0.4) is 0 Å². The number of aryl methyl sites for hydroxylation is 1. The minimum absolute atomic E-state index is 0.127. The predicted molar refractivity (Wildman–Crippen MR) is 64.3 cm³/mol. The van der Waals surface area contributed by atoms with E-state index >= 15 is 0 Å². The molecule has 0 atom stereocenters. The molecule has 0 aliphatic heterocycles. The number of hydrogen-bond acceptors (Lipinski definition) is 2. The van der Waals surface area contributed by atoms with E-state index in [1.807, 2.05) is 25.1 Å². The number of benzene rings is 1. The summed E-state index contributed by atoms with van der Waals surface area (Å²) in [7, 11) is 0. The van der Waals surface area contributed by atoms with Crippen LogP contribution in [0.25, 0.3) is 11.0 Å². The maximum atomic E-state index is 11.3. The Hall–Kier alpha value is -2.10. The van der Waals surface area contributed by atoms with Crippen LogP contribution < -0.4 is 5.32 Å². The summed E-state index contributed by atoms with van der Waals surface area (Å²) in [5.74, 6) is 0.741. The number of allylic oxidation sites excluding steroid dienone is 1. The zero-order chi connectivity index (χ0) is 11.5. The second-order valence-corrected chi connectivity index (χ2v) is 3.54. The Kier molecular flexibility index (Phi) is 2.72. The topological polar surface area (TPSA) is 57.8 Å². The average Bonchev–Trinajstić information content (AvgIpc) is 2.57. The third-order valence-electron chi connectivity index (χ3n) is 2.19. The molecule has 1 amide bonds. The van der Waals surface area contributed by atoms with Crippen LogP contribution in [0, 0.1) is 6.92 Å². The fourth-order valence-electron chi connectivity index (χ4n) is 1.55. The standard InChI is InChI=1S/C12H13N3O/c1-3-4-12(16)15-9-5-6-10-11(7-9)14-8(2)13-10/h3-7H,1-2H3,(H,13,14)(H,15,16)/b4-3+. The summed E-state index contributed by atoms with van der Waals surface area (Å²) in [5.41, 5.74) is 2.59. The lowest BCUT2D eigenvalue weighted by Gasteiger charge is -2.01. The van der Waals surface area contributed by atoms with Crippen LogP contribution >= 0.6 is 0 Å². The third-order valence-corrected chi connectivity index (χ3v) is 2.19. The van der Waals surface area contributed by atoms with Crippen LogP contribution in [0.2, 0.25) is 0 Å². The molecule has 0 bridgehead atoms. The van der Waals surface area contributed by atoms with Gasteiger partial charge in [-0.15, -0.1) is 0 Å². The summed E-state index contributed by atoms with van der Waals surface area (Å²) in [4.78, 5) is 18.7. The van der Waals surface area contributed by atoms with Gasteiger partial charge in [0.1, 0.15) is 5.82 Å². The van der Waals surface area contributed by atoms with Gasteiger partial charge >= 0.3 is 0 Å². The van der Waals surface area contributed by atoms with Crippen molar-refractivity contribution in [1.29, 1.82) is 0 Å². The highest BCUT2D eigenvalue weighted by molar-refractivity contribution is 6.00. The molecule has 0 spiro atoms. The van der Waals surface area contributed by atoms with Crippen molar-refractivity contribution in [2.24, 2.45) is 0 Å². The number of aromatic amines is 1. The highest BCUT2D eigenvalue weighted by Crippen LogP contribution is 2.16. The van der Waals surface area contributed by atoms with E-state index in [0.717, 1.165) is 22.5 Å². The molecular weight excluding hydrogens is 202 g/mol. The number of hydrogen-bond donors (Lipinski definition) is 2. The van der Waals surface area contributed by atoms with Crippen LogP contribution in [-0.4, -0.2) is 15.9 Å². The zero-order valence-electron chi connectivity index (χ0n) is 9.24. The van der Waals surface area contributed by atoms with Crippen LogP contribution in [0.4, 0.5) is 5.69 Å². The molecule has 2 rings (SSSR count). The van der Waals surface area contributed by atoms with Gasteiger partial charge in [0.05, 0.1) is 11.0 Å². The molecule has 1 aromatic carbocycles. The number of fused-ring (bicyclic) bond motifs is 1. The second-order valence-electron chi connectivity index (χ2n) is 3.54. The van der Waals surface area contributed by atoms with Crippen LogP contribution in [0.5, 0.6) is 0 Å². The van der Waals surface area contributed by atoms with Gasteiger partial charge in [0.15, 0.2) is 0 Å². The third kappa shape index (κ3) is 2.11. The van der Waals surface area contributed by atoms with E-state index in [1.165, 1.54) is 6.08 Å². The molecule has 0 unspecified atom stereocenters. The van der Waals surface area contributed by atoms with E-state index in [4.69, 9.17) is 0 Å². The summed E-state index contributed by atoms with van der Waals surface area (Å²) in [6.45, 7) is 3.71. The smallest absolute Gasteiger partial charge is 0.248 e. The van der Waals surface area contributed by atoms with E-state index in [2.05, 4.69) is 15.3 Å². The van der Waals surface area contributed by atoms with E-state index in [1.54, 1.807) is 13.0 Å². The number of rotatable bonds is 2. The summed E-state index contributed by atoms with van der Waals surface area (Å²) in [6.07, 6.45) is 3.19. The van der Waals surface area contributed by atoms with Crippen molar-refractivity contribution in [3.63, 3.8) is 0 Å². The number of carbonyl (C=O) groups is 1. The Morgan fingerprint density at radius 2 is 2.31 bits per heavy atom. The van der Waals surface area contributed by atoms with Gasteiger partial charge in [0.2, 0.25) is 5.91 Å². The van der Waals surface area contributed by atoms with Gasteiger partial charge in [-0.05, 0) is 38.1 Å². The summed E-state index contributed by atoms with van der Waals surface area (Å²) < 4.78 is 0. The van der Waals surface area contributed by atoms with Crippen molar-refractivity contribution >= 4 is 22.6 Å². The highest BCUT2D eigenvalue weighted by atomic mass is 16.1. The largest absolute Gasteiger partial charge is 0.342 e. The molecule has 1 heterocycles. The first-order valence-corrected chi connectivity index (χ1v) is 5.09. The molecule has 0 radical (unpaired) electrons. The van der Waals surface area contributed by atoms with Crippen molar-refractivity contribution in [1.82, 2.24) is 9.97 Å². The molecule has 2 N–H and O–H groups in total. The first-order chi connectivity index (χ1) is 7.69. The number of nitrogens with one attached hydrogen (secondary N) is 2. The highest BCUT2D eigenvalue weighted by Gasteiger charge is 2.02. The fourth-order valence-corrected chi connectivity index (χ4v) is 1.55. The van der Waals surface area contributed by atoms with Crippen LogP contribution in [-0.2, 0) is 4.79 Å². The second kappa shape index (κ2) is 4.18. The number of anilines is 1. The fraction of sp³-hybridized carbons (Fsp3) is 0.167. The molecule has 4 heteroatoms. The van der Waals surface area contributed by atoms with Crippen LogP contribution in [0.15, 0.2) is 30.4 Å². The number of aromatic nitrogens is 2. The lowest BCUT2D eigenvalue weighted by atomic mass is 10.2. The SMILES string of the molecule is C/C=C/C(=O)Nc1ccc2nc(C)[nH]c2c1. The Balaban J connectivity index is 2.28. The molecule has 0 saturated carbocycles. The van der Waals surface area contributed by atoms with Crippen molar-refractivity contribution < 1.29 is 4.79 Å². The van der Waals surface area contributed by atoms with Crippen LogP contribution in [0.1, 0.15) is 12.7 Å². The zero-order valence-corrected chi connectivity index (χ0v) is 9.24. The minimum Gasteiger partial charge on any atom is -0.342 e. The average molecular weight is 215 g/mol. The first-order valence-electron chi connectivity index (χ1n) is 5.09. The molecule has 0 saturated heterocycles. The van der Waals surface area contributed by atoms with Crippen molar-refractivity contribution in [3.8, 4) is 0 Å². The number of carbonyl (C=O) groups excluding carboxylic acids is 1. The lowest BCUT2D eigenvalue weighted by molar-refractivity contribution is -0.111. The van der Waals surface area contributed by atoms with Gasteiger partial charge in [-0.1, -0.05) is 6.08 Å². The van der Waals surface area contributed by atoms with Gasteiger partial charge in [0.25, 0.3) is 0 Å². The monoisotopic (exact) mass is 215 g/mol. The van der Waals surface area contributed by atoms with E-state index < -0.39 is 0 Å². The van der Waals surface area contributed by atoms with E-state index in [0.29, 0.717) is 0 Å². The molecule has 4 nitrogen and oxygen atoms in total. The molecule has 2 aromatic rings. The number of H-pyrrole nitrogens is 1. The summed E-state index contributed by atoms with van der Waals surface area (Å²) in [5, 5.41) is 2.77. The van der Waals surface area contributed by atoms with Gasteiger partial charge in [0, 0.05) is 5.69 Å². The van der Waals surface area contributed by atoms with Gasteiger partial charge in [-0.25, -0.2) is 4.98 Å². The number of nitrogens with zero attached hydrogens (tertiary/aromatic N) is 1. The summed E-state index contributed by atoms with van der Waals surface area (Å²) >= 11 is 0. The Morgan fingerprint density at radius 3 is 3.06 bits per heavy atom. The van der Waals surface area contributed by atoms with Crippen molar-refractivity contribution in [2.45, 2.75) is 13.8 Å². The number of amides is 1. The Bertz CT molecular complexity index is 554. The minimum atomic E-state index is -0.127. The molecule has 82 valence electrons. The molecule has 0 aliphatic carbocycles. The van der Waals surface area contributed by atoms with Gasteiger partial charge < -0.3 is 10.3 Å². The first kappa shape index (κ1) is 10.4. The normalized spacial score (nSPS) is 11.1. The maximum Gasteiger partial charge on any atom is 0.248 e. The molecule has 1 aromatic heterocycles. The quantitative estimate of drug-likeness (QED) is 0.756. The summed E-state index contributed by atoms with van der Waals surface area (Å²) in [6, 6.07) is 5.59. The molecule has 0 aliphatic rings. The van der Waals surface area contributed by atoms with Crippen molar-refractivity contribution in [3.05, 3.63) is 36.2 Å². The van der Waals surface area contributed by atoms with Gasteiger partial charge in [-0.3, -0.25) is 4.79 Å².